The monoisotopic (exact) mass is 248 g/mol. The summed E-state index contributed by atoms with van der Waals surface area (Å²) in [5.74, 6) is 3.91. The van der Waals surface area contributed by atoms with Crippen LogP contribution in [0.2, 0.25) is 0 Å². The fraction of sp³-hybridized carbons (Fsp3) is 0.286. The Morgan fingerprint density at radius 2 is 2.11 bits per heavy atom. The number of ether oxygens (including phenoxy) is 1. The van der Waals surface area contributed by atoms with Gasteiger partial charge in [-0.05, 0) is 32.0 Å². The minimum atomic E-state index is -0.517. The van der Waals surface area contributed by atoms with Gasteiger partial charge in [-0.2, -0.15) is 0 Å². The Morgan fingerprint density at radius 3 is 2.72 bits per heavy atom. The fourth-order valence-corrected chi connectivity index (χ4v) is 1.26. The Balaban J connectivity index is 2.84. The molecule has 0 atom stereocenters. The summed E-state index contributed by atoms with van der Waals surface area (Å²) in [6, 6.07) is 3.95. The van der Waals surface area contributed by atoms with E-state index in [2.05, 4.69) is 16.6 Å². The second-order valence-corrected chi connectivity index (χ2v) is 3.53. The lowest BCUT2D eigenvalue weighted by molar-refractivity contribution is -0.141. The average Bonchev–Trinajstić information content (AvgIpc) is 2.31. The maximum atomic E-state index is 13.4. The zero-order valence-electron chi connectivity index (χ0n) is 10.2. The first-order valence-electron chi connectivity index (χ1n) is 5.49. The summed E-state index contributed by atoms with van der Waals surface area (Å²) in [6.45, 7) is 3.37. The molecule has 0 amide bonds. The first-order valence-corrected chi connectivity index (χ1v) is 5.49. The van der Waals surface area contributed by atoms with Gasteiger partial charge in [0.15, 0.2) is 5.78 Å². The van der Waals surface area contributed by atoms with E-state index in [9.17, 15) is 14.0 Å². The number of carbonyl (C=O) groups is 2. The number of Topliss-reactive ketones (excluding diaryl/α,β-unsaturated/α-hetero) is 1. The van der Waals surface area contributed by atoms with Crippen LogP contribution in [0.25, 0.3) is 0 Å². The highest BCUT2D eigenvalue weighted by molar-refractivity contribution is 5.94. The van der Waals surface area contributed by atoms with Crippen molar-refractivity contribution in [3.05, 3.63) is 35.1 Å². The molecule has 3 nitrogen and oxygen atoms in total. The van der Waals surface area contributed by atoms with Gasteiger partial charge in [-0.3, -0.25) is 9.59 Å². The molecule has 0 aliphatic heterocycles. The van der Waals surface area contributed by atoms with Crippen LogP contribution in [-0.2, 0) is 9.53 Å². The molecule has 0 fully saturated rings. The molecule has 4 heteroatoms. The van der Waals surface area contributed by atoms with Crippen LogP contribution in [0.1, 0.15) is 36.2 Å². The molecule has 94 valence electrons. The lowest BCUT2D eigenvalue weighted by Gasteiger charge is -1.98. The normalized spacial score (nSPS) is 9.28. The van der Waals surface area contributed by atoms with Crippen LogP contribution < -0.4 is 0 Å². The third-order valence-electron chi connectivity index (χ3n) is 2.13. The Hall–Kier alpha value is -2.15. The van der Waals surface area contributed by atoms with Crippen molar-refractivity contribution < 1.29 is 18.7 Å². The minimum absolute atomic E-state index is 0.0996. The summed E-state index contributed by atoms with van der Waals surface area (Å²) in [5.41, 5.74) is 0.490. The minimum Gasteiger partial charge on any atom is -0.465 e. The van der Waals surface area contributed by atoms with Gasteiger partial charge in [0.25, 0.3) is 0 Å². The molecule has 18 heavy (non-hydrogen) atoms. The SMILES string of the molecule is CCOC(=O)CC#Cc1cc(C(C)=O)ccc1F. The van der Waals surface area contributed by atoms with Gasteiger partial charge in [0, 0.05) is 5.56 Å². The Kier molecular flexibility index (Phi) is 5.06. The molecule has 0 radical (unpaired) electrons. The van der Waals surface area contributed by atoms with Crippen LogP contribution in [0.4, 0.5) is 4.39 Å². The Bertz CT molecular complexity index is 524. The van der Waals surface area contributed by atoms with E-state index in [4.69, 9.17) is 0 Å². The summed E-state index contributed by atoms with van der Waals surface area (Å²) < 4.78 is 18.1. The van der Waals surface area contributed by atoms with Crippen LogP contribution in [0.15, 0.2) is 18.2 Å². The molecule has 0 aliphatic rings. The van der Waals surface area contributed by atoms with Crippen LogP contribution in [-0.4, -0.2) is 18.4 Å². The molecule has 0 saturated heterocycles. The molecule has 0 bridgehead atoms. The van der Waals surface area contributed by atoms with E-state index in [1.54, 1.807) is 6.92 Å². The van der Waals surface area contributed by atoms with Gasteiger partial charge in [-0.25, -0.2) is 4.39 Å². The van der Waals surface area contributed by atoms with E-state index < -0.39 is 11.8 Å². The molecule has 1 aromatic rings. The summed E-state index contributed by atoms with van der Waals surface area (Å²) in [4.78, 5) is 22.2. The number of halogens is 1. The molecule has 0 unspecified atom stereocenters. The van der Waals surface area contributed by atoms with E-state index in [0.29, 0.717) is 5.56 Å². The first kappa shape index (κ1) is 13.9. The third-order valence-corrected chi connectivity index (χ3v) is 2.13. The van der Waals surface area contributed by atoms with Crippen molar-refractivity contribution in [2.24, 2.45) is 0 Å². The number of hydrogen-bond acceptors (Lipinski definition) is 3. The second kappa shape index (κ2) is 6.55. The number of carbonyl (C=O) groups excluding carboxylic acids is 2. The van der Waals surface area contributed by atoms with Crippen molar-refractivity contribution in [1.82, 2.24) is 0 Å². The smallest absolute Gasteiger partial charge is 0.317 e. The van der Waals surface area contributed by atoms with Crippen molar-refractivity contribution in [1.29, 1.82) is 0 Å². The molecule has 1 aromatic carbocycles. The molecule has 0 N–H and O–H groups in total. The van der Waals surface area contributed by atoms with E-state index in [1.807, 2.05) is 0 Å². The van der Waals surface area contributed by atoms with Crippen molar-refractivity contribution in [2.75, 3.05) is 6.61 Å². The van der Waals surface area contributed by atoms with Gasteiger partial charge >= 0.3 is 5.97 Å². The highest BCUT2D eigenvalue weighted by Gasteiger charge is 2.04. The summed E-state index contributed by atoms with van der Waals surface area (Å²) in [6.07, 6.45) is -0.0996. The molecular weight excluding hydrogens is 235 g/mol. The maximum Gasteiger partial charge on any atom is 0.317 e. The molecule has 0 aromatic heterocycles. The van der Waals surface area contributed by atoms with Crippen molar-refractivity contribution in [2.45, 2.75) is 20.3 Å². The second-order valence-electron chi connectivity index (χ2n) is 3.53. The van der Waals surface area contributed by atoms with Crippen LogP contribution in [0, 0.1) is 17.7 Å². The number of esters is 1. The third kappa shape index (κ3) is 4.02. The predicted octanol–water partition coefficient (Wildman–Crippen LogP) is 2.33. The van der Waals surface area contributed by atoms with Gasteiger partial charge in [0.2, 0.25) is 0 Å². The van der Waals surface area contributed by atoms with E-state index >= 15 is 0 Å². The molecule has 1 rings (SSSR count). The van der Waals surface area contributed by atoms with Gasteiger partial charge < -0.3 is 4.74 Å². The van der Waals surface area contributed by atoms with Crippen molar-refractivity contribution in [3.63, 3.8) is 0 Å². The summed E-state index contributed by atoms with van der Waals surface area (Å²) in [7, 11) is 0. The zero-order valence-corrected chi connectivity index (χ0v) is 10.2. The zero-order chi connectivity index (χ0) is 13.5. The topological polar surface area (TPSA) is 43.4 Å². The maximum absolute atomic E-state index is 13.4. The Labute approximate surface area is 105 Å². The van der Waals surface area contributed by atoms with Gasteiger partial charge in [0.1, 0.15) is 12.2 Å². The van der Waals surface area contributed by atoms with Gasteiger partial charge in [-0.15, -0.1) is 0 Å². The van der Waals surface area contributed by atoms with Crippen LogP contribution in [0.3, 0.4) is 0 Å². The molecule has 0 heterocycles. The lowest BCUT2D eigenvalue weighted by Crippen LogP contribution is -2.01. The standard InChI is InChI=1S/C14H13FO3/c1-3-18-14(17)6-4-5-12-9-11(10(2)16)7-8-13(12)15/h7-9H,3,6H2,1-2H3. The van der Waals surface area contributed by atoms with Crippen LogP contribution >= 0.6 is 0 Å². The summed E-state index contributed by atoms with van der Waals surface area (Å²) in [5, 5.41) is 0. The van der Waals surface area contributed by atoms with Crippen LogP contribution in [0.5, 0.6) is 0 Å². The van der Waals surface area contributed by atoms with E-state index in [0.717, 1.165) is 0 Å². The summed E-state index contributed by atoms with van der Waals surface area (Å²) >= 11 is 0. The predicted molar refractivity (Wildman–Crippen MR) is 64.5 cm³/mol. The quantitative estimate of drug-likeness (QED) is 0.468. The number of benzene rings is 1. The highest BCUT2D eigenvalue weighted by atomic mass is 19.1. The van der Waals surface area contributed by atoms with Gasteiger partial charge in [-0.1, -0.05) is 11.8 Å². The van der Waals surface area contributed by atoms with E-state index in [-0.39, 0.29) is 24.4 Å². The van der Waals surface area contributed by atoms with E-state index in [1.165, 1.54) is 25.1 Å². The Morgan fingerprint density at radius 1 is 1.39 bits per heavy atom. The van der Waals surface area contributed by atoms with Crippen molar-refractivity contribution in [3.8, 4) is 11.8 Å². The number of hydrogen-bond donors (Lipinski definition) is 0. The molecule has 0 aliphatic carbocycles. The van der Waals surface area contributed by atoms with Crippen molar-refractivity contribution >= 4 is 11.8 Å². The number of ketones is 1. The fourth-order valence-electron chi connectivity index (χ4n) is 1.26. The molecular formula is C14H13FO3. The number of rotatable bonds is 3. The first-order chi connectivity index (χ1) is 8.54. The lowest BCUT2D eigenvalue weighted by atomic mass is 10.1. The molecule has 0 spiro atoms. The van der Waals surface area contributed by atoms with Gasteiger partial charge in [0.05, 0.1) is 12.2 Å². The molecule has 0 saturated carbocycles. The largest absolute Gasteiger partial charge is 0.465 e. The highest BCUT2D eigenvalue weighted by Crippen LogP contribution is 2.10. The average molecular weight is 248 g/mol.